The van der Waals surface area contributed by atoms with Crippen molar-refractivity contribution in [3.05, 3.63) is 98.4 Å². The summed E-state index contributed by atoms with van der Waals surface area (Å²) in [5.41, 5.74) is 3.65. The van der Waals surface area contributed by atoms with Gasteiger partial charge in [-0.05, 0) is 48.0 Å². The largest absolute Gasteiger partial charge is 0.482 e. The van der Waals surface area contributed by atoms with E-state index >= 15 is 0 Å². The number of fused-ring (bicyclic) bond motifs is 1. The van der Waals surface area contributed by atoms with Crippen molar-refractivity contribution >= 4 is 62.4 Å². The molecule has 11 heteroatoms. The molecule has 0 aliphatic heterocycles. The number of hydrogen-bond acceptors (Lipinski definition) is 7. The van der Waals surface area contributed by atoms with Crippen LogP contribution in [0.4, 0.5) is 11.4 Å². The van der Waals surface area contributed by atoms with Gasteiger partial charge in [0.15, 0.2) is 6.61 Å². The Balaban J connectivity index is 1.32. The van der Waals surface area contributed by atoms with Crippen molar-refractivity contribution in [2.24, 2.45) is 5.10 Å². The molecule has 0 saturated heterocycles. The first kappa shape index (κ1) is 23.9. The third-order valence-corrected chi connectivity index (χ3v) is 6.10. The summed E-state index contributed by atoms with van der Waals surface area (Å²) in [6, 6.07) is 19.9. The number of nitro groups is 1. The lowest BCUT2D eigenvalue weighted by atomic mass is 10.2. The fraction of sp³-hybridized carbons (Fsp3) is 0.0417. The number of thiophene rings is 1. The molecule has 0 saturated carbocycles. The van der Waals surface area contributed by atoms with Crippen LogP contribution in [0.5, 0.6) is 5.75 Å². The van der Waals surface area contributed by atoms with E-state index in [1.807, 2.05) is 18.2 Å². The van der Waals surface area contributed by atoms with Gasteiger partial charge in [-0.3, -0.25) is 19.7 Å². The Hall–Kier alpha value is -4.28. The van der Waals surface area contributed by atoms with Crippen LogP contribution in [-0.4, -0.2) is 29.6 Å². The molecule has 35 heavy (non-hydrogen) atoms. The summed E-state index contributed by atoms with van der Waals surface area (Å²) in [5, 5.41) is 18.5. The molecule has 0 unspecified atom stereocenters. The maximum atomic E-state index is 12.4. The van der Waals surface area contributed by atoms with Crippen LogP contribution >= 0.6 is 22.9 Å². The van der Waals surface area contributed by atoms with Crippen molar-refractivity contribution in [1.29, 1.82) is 0 Å². The van der Waals surface area contributed by atoms with Crippen LogP contribution in [0.3, 0.4) is 0 Å². The second kappa shape index (κ2) is 10.8. The summed E-state index contributed by atoms with van der Waals surface area (Å²) in [6.45, 7) is -0.212. The average Bonchev–Trinajstić information content (AvgIpc) is 3.28. The third-order valence-electron chi connectivity index (χ3n) is 4.69. The van der Waals surface area contributed by atoms with Crippen LogP contribution in [0.15, 0.2) is 77.9 Å². The molecule has 0 aliphatic carbocycles. The summed E-state index contributed by atoms with van der Waals surface area (Å²) in [4.78, 5) is 35.2. The molecule has 3 aromatic carbocycles. The van der Waals surface area contributed by atoms with Crippen molar-refractivity contribution in [3.63, 3.8) is 0 Å². The number of benzene rings is 3. The van der Waals surface area contributed by atoms with E-state index in [2.05, 4.69) is 15.8 Å². The Morgan fingerprint density at radius 3 is 2.63 bits per heavy atom. The molecule has 0 atom stereocenters. The fourth-order valence-electron chi connectivity index (χ4n) is 3.05. The zero-order valence-corrected chi connectivity index (χ0v) is 19.5. The Bertz CT molecular complexity index is 1440. The van der Waals surface area contributed by atoms with Gasteiger partial charge in [0.1, 0.15) is 5.75 Å². The Morgan fingerprint density at radius 2 is 1.89 bits per heavy atom. The molecule has 4 rings (SSSR count). The molecule has 2 N–H and O–H groups in total. The maximum Gasteiger partial charge on any atom is 0.281 e. The topological polar surface area (TPSA) is 123 Å². The van der Waals surface area contributed by atoms with E-state index < -0.39 is 10.8 Å². The molecule has 9 nitrogen and oxygen atoms in total. The number of non-ortho nitro benzene ring substituents is 1. The minimum Gasteiger partial charge on any atom is -0.482 e. The van der Waals surface area contributed by atoms with Crippen LogP contribution in [0.1, 0.15) is 15.2 Å². The second-order valence-corrected chi connectivity index (χ2v) is 8.67. The highest BCUT2D eigenvalue weighted by Gasteiger charge is 2.13. The number of halogens is 1. The van der Waals surface area contributed by atoms with Gasteiger partial charge in [-0.25, -0.2) is 5.43 Å². The van der Waals surface area contributed by atoms with Gasteiger partial charge in [0.2, 0.25) is 0 Å². The summed E-state index contributed by atoms with van der Waals surface area (Å²) in [6.07, 6.45) is 1.41. The monoisotopic (exact) mass is 508 g/mol. The Morgan fingerprint density at radius 1 is 1.09 bits per heavy atom. The highest BCUT2D eigenvalue weighted by atomic mass is 35.5. The zero-order chi connectivity index (χ0) is 24.8. The predicted octanol–water partition coefficient (Wildman–Crippen LogP) is 5.24. The summed E-state index contributed by atoms with van der Waals surface area (Å²) in [5.74, 6) is -0.438. The van der Waals surface area contributed by atoms with Gasteiger partial charge < -0.3 is 10.1 Å². The number of carbonyl (C=O) groups is 2. The smallest absolute Gasteiger partial charge is 0.281 e. The maximum absolute atomic E-state index is 12.4. The average molecular weight is 509 g/mol. The normalized spacial score (nSPS) is 10.9. The molecule has 0 aliphatic rings. The van der Waals surface area contributed by atoms with Crippen LogP contribution in [0.25, 0.3) is 10.1 Å². The standard InChI is InChI=1S/C24H17ClN4O5S/c25-19-10-15(6-8-20(19)34-14-23(30)27-17-4-2-1-3-5-17)13-26-28-24(31)22-12-16-11-18(29(32)33)7-9-21(16)35-22/h1-13H,14H2,(H,27,30)(H,28,31)/b26-13-. The molecule has 1 aromatic heterocycles. The number of hydrogen-bond donors (Lipinski definition) is 2. The number of ether oxygens (including phenoxy) is 1. The third kappa shape index (κ3) is 6.19. The number of rotatable bonds is 8. The van der Waals surface area contributed by atoms with Crippen LogP contribution in [-0.2, 0) is 4.79 Å². The summed E-state index contributed by atoms with van der Waals surface area (Å²) in [7, 11) is 0. The number of nitrogens with one attached hydrogen (secondary N) is 2. The molecule has 0 bridgehead atoms. The quantitative estimate of drug-likeness (QED) is 0.191. The molecule has 176 valence electrons. The van der Waals surface area contributed by atoms with Gasteiger partial charge in [-0.1, -0.05) is 29.8 Å². The Labute approximate surface area is 208 Å². The lowest BCUT2D eigenvalue weighted by molar-refractivity contribution is -0.384. The summed E-state index contributed by atoms with van der Waals surface area (Å²) < 4.78 is 6.23. The number of anilines is 1. The van der Waals surface area contributed by atoms with E-state index in [9.17, 15) is 19.7 Å². The molecule has 0 fully saturated rings. The van der Waals surface area contributed by atoms with E-state index in [0.29, 0.717) is 27.3 Å². The Kier molecular flexibility index (Phi) is 7.34. The number of amides is 2. The molecular weight excluding hydrogens is 492 g/mol. The highest BCUT2D eigenvalue weighted by Crippen LogP contribution is 2.29. The molecule has 0 radical (unpaired) electrons. The lowest BCUT2D eigenvalue weighted by Crippen LogP contribution is -2.20. The first-order valence-electron chi connectivity index (χ1n) is 10.2. The van der Waals surface area contributed by atoms with Crippen molar-refractivity contribution < 1.29 is 19.2 Å². The summed E-state index contributed by atoms with van der Waals surface area (Å²) >= 11 is 7.44. The SMILES string of the molecule is O=C(COc1ccc(/C=N\NC(=O)c2cc3cc([N+](=O)[O-])ccc3s2)cc1Cl)Nc1ccccc1. The number of para-hydroxylation sites is 1. The van der Waals surface area contributed by atoms with E-state index in [0.717, 1.165) is 4.70 Å². The second-order valence-electron chi connectivity index (χ2n) is 7.18. The minimum absolute atomic E-state index is 0.0404. The predicted molar refractivity (Wildman–Crippen MR) is 136 cm³/mol. The minimum atomic E-state index is -0.484. The van der Waals surface area contributed by atoms with E-state index in [-0.39, 0.29) is 23.2 Å². The first-order valence-corrected chi connectivity index (χ1v) is 11.4. The van der Waals surface area contributed by atoms with Gasteiger partial charge in [-0.15, -0.1) is 11.3 Å². The van der Waals surface area contributed by atoms with Gasteiger partial charge in [0, 0.05) is 27.9 Å². The molecule has 0 spiro atoms. The molecule has 2 amide bonds. The van der Waals surface area contributed by atoms with Crippen LogP contribution < -0.4 is 15.5 Å². The van der Waals surface area contributed by atoms with Gasteiger partial charge in [-0.2, -0.15) is 5.10 Å². The van der Waals surface area contributed by atoms with Crippen LogP contribution in [0, 0.1) is 10.1 Å². The highest BCUT2D eigenvalue weighted by molar-refractivity contribution is 7.20. The van der Waals surface area contributed by atoms with E-state index in [1.54, 1.807) is 42.5 Å². The van der Waals surface area contributed by atoms with Gasteiger partial charge >= 0.3 is 0 Å². The fourth-order valence-corrected chi connectivity index (χ4v) is 4.23. The van der Waals surface area contributed by atoms with E-state index in [1.165, 1.54) is 29.7 Å². The zero-order valence-electron chi connectivity index (χ0n) is 17.9. The van der Waals surface area contributed by atoms with E-state index in [4.69, 9.17) is 16.3 Å². The van der Waals surface area contributed by atoms with Crippen molar-refractivity contribution in [2.75, 3.05) is 11.9 Å². The number of nitrogens with zero attached hydrogens (tertiary/aromatic N) is 2. The van der Waals surface area contributed by atoms with Crippen molar-refractivity contribution in [2.45, 2.75) is 0 Å². The van der Waals surface area contributed by atoms with Gasteiger partial charge in [0.05, 0.1) is 21.0 Å². The number of hydrazone groups is 1. The van der Waals surface area contributed by atoms with Crippen molar-refractivity contribution in [3.8, 4) is 5.75 Å². The molecular formula is C24H17ClN4O5S. The molecule has 1 heterocycles. The number of nitro benzene ring substituents is 1. The number of carbonyl (C=O) groups excluding carboxylic acids is 2. The first-order chi connectivity index (χ1) is 16.9. The molecule has 4 aromatic rings. The van der Waals surface area contributed by atoms with Crippen LogP contribution in [0.2, 0.25) is 5.02 Å². The van der Waals surface area contributed by atoms with Gasteiger partial charge in [0.25, 0.3) is 17.5 Å². The van der Waals surface area contributed by atoms with Crippen molar-refractivity contribution in [1.82, 2.24) is 5.43 Å². The lowest BCUT2D eigenvalue weighted by Gasteiger charge is -2.09.